The summed E-state index contributed by atoms with van der Waals surface area (Å²) in [7, 11) is 0. The van der Waals surface area contributed by atoms with Crippen molar-refractivity contribution in [1.29, 1.82) is 0 Å². The number of aliphatic hydroxyl groups is 1. The highest BCUT2D eigenvalue weighted by molar-refractivity contribution is 5.87. The second kappa shape index (κ2) is 8.64. The van der Waals surface area contributed by atoms with Crippen LogP contribution in [0.5, 0.6) is 0 Å². The molecule has 0 aromatic rings. The molecule has 0 aromatic carbocycles. The van der Waals surface area contributed by atoms with Gasteiger partial charge in [0.05, 0.1) is 6.10 Å². The fourth-order valence-electron chi connectivity index (χ4n) is 9.91. The van der Waals surface area contributed by atoms with Crippen molar-refractivity contribution in [2.75, 3.05) is 6.54 Å². The normalized spacial score (nSPS) is 50.4. The standard InChI is InChI=1S/C29H47NO3/c1-17-6-9-25(30-16-17)18(2)27-26(33-19(3)31)15-24-22-8-7-20-14-21(32)10-12-28(20,4)23(22)11-13-29(24,27)5/h17-18,20-24,26-27,32H,6-16H2,1-5H3/t17?,18?,20?,21?,22-,23+,24+,26?,27+,28+,29+/m1/s1. The number of aliphatic hydroxyl groups excluding tert-OH is 1. The van der Waals surface area contributed by atoms with E-state index in [1.54, 1.807) is 6.92 Å². The number of nitrogens with zero attached hydrogens (tertiary/aromatic N) is 1. The van der Waals surface area contributed by atoms with Crippen molar-refractivity contribution in [2.24, 2.45) is 57.2 Å². The van der Waals surface area contributed by atoms with Gasteiger partial charge in [-0.1, -0.05) is 27.7 Å². The van der Waals surface area contributed by atoms with E-state index in [0.717, 1.165) is 44.1 Å². The van der Waals surface area contributed by atoms with Gasteiger partial charge in [0.15, 0.2) is 0 Å². The summed E-state index contributed by atoms with van der Waals surface area (Å²) in [4.78, 5) is 17.2. The topological polar surface area (TPSA) is 58.9 Å². The second-order valence-electron chi connectivity index (χ2n) is 13.3. The van der Waals surface area contributed by atoms with Crippen LogP contribution < -0.4 is 0 Å². The Labute approximate surface area is 201 Å². The van der Waals surface area contributed by atoms with Crippen molar-refractivity contribution in [3.05, 3.63) is 0 Å². The average Bonchev–Trinajstić information content (AvgIpc) is 3.05. The summed E-state index contributed by atoms with van der Waals surface area (Å²) in [5.41, 5.74) is 1.99. The molecule has 4 fully saturated rings. The lowest BCUT2D eigenvalue weighted by Gasteiger charge is -2.61. The van der Waals surface area contributed by atoms with Crippen LogP contribution >= 0.6 is 0 Å². The number of rotatable bonds is 3. The Morgan fingerprint density at radius 2 is 1.82 bits per heavy atom. The van der Waals surface area contributed by atoms with Crippen molar-refractivity contribution < 1.29 is 14.6 Å². The Balaban J connectivity index is 1.44. The van der Waals surface area contributed by atoms with Crippen molar-refractivity contribution in [2.45, 2.75) is 111 Å². The first kappa shape index (κ1) is 23.8. The summed E-state index contributed by atoms with van der Waals surface area (Å²) >= 11 is 0. The van der Waals surface area contributed by atoms with Gasteiger partial charge in [-0.05, 0) is 105 Å². The first-order valence-electron chi connectivity index (χ1n) is 14.0. The van der Waals surface area contributed by atoms with Crippen LogP contribution in [-0.4, -0.2) is 35.5 Å². The lowest BCUT2D eigenvalue weighted by Crippen LogP contribution is -2.54. The van der Waals surface area contributed by atoms with E-state index >= 15 is 0 Å². The molecule has 4 nitrogen and oxygen atoms in total. The first-order valence-corrected chi connectivity index (χ1v) is 14.0. The minimum atomic E-state index is -0.118. The molecule has 0 saturated heterocycles. The third-order valence-electron chi connectivity index (χ3n) is 11.6. The molecule has 4 aliphatic carbocycles. The van der Waals surface area contributed by atoms with Gasteiger partial charge in [-0.25, -0.2) is 0 Å². The molecule has 5 unspecified atom stereocenters. The van der Waals surface area contributed by atoms with E-state index in [1.165, 1.54) is 44.2 Å². The van der Waals surface area contributed by atoms with Crippen LogP contribution in [0.1, 0.15) is 98.8 Å². The monoisotopic (exact) mass is 457 g/mol. The van der Waals surface area contributed by atoms with Crippen molar-refractivity contribution in [3.63, 3.8) is 0 Å². The number of aliphatic imine (C=N–C) groups is 1. The summed E-state index contributed by atoms with van der Waals surface area (Å²) in [6, 6.07) is 0. The third kappa shape index (κ3) is 3.91. The molecule has 5 rings (SSSR count). The van der Waals surface area contributed by atoms with Crippen LogP contribution in [0.25, 0.3) is 0 Å². The molecule has 0 amide bonds. The van der Waals surface area contributed by atoms with Gasteiger partial charge in [-0.3, -0.25) is 9.79 Å². The number of esters is 1. The van der Waals surface area contributed by atoms with Crippen LogP contribution in [0.15, 0.2) is 4.99 Å². The Bertz CT molecular complexity index is 794. The minimum absolute atomic E-state index is 0.0343. The third-order valence-corrected chi connectivity index (χ3v) is 11.6. The quantitative estimate of drug-likeness (QED) is 0.524. The molecular formula is C29H47NO3. The van der Waals surface area contributed by atoms with Crippen molar-refractivity contribution in [3.8, 4) is 0 Å². The largest absolute Gasteiger partial charge is 0.462 e. The lowest BCUT2D eigenvalue weighted by molar-refractivity contribution is -0.150. The molecule has 5 aliphatic rings. The maximum absolute atomic E-state index is 12.2. The van der Waals surface area contributed by atoms with E-state index in [-0.39, 0.29) is 23.6 Å². The summed E-state index contributed by atoms with van der Waals surface area (Å²) < 4.78 is 6.11. The van der Waals surface area contributed by atoms with Crippen LogP contribution in [0.4, 0.5) is 0 Å². The predicted octanol–water partition coefficient (Wildman–Crippen LogP) is 6.05. The van der Waals surface area contributed by atoms with Gasteiger partial charge >= 0.3 is 5.97 Å². The molecular weight excluding hydrogens is 410 g/mol. The number of ether oxygens (including phenoxy) is 1. The van der Waals surface area contributed by atoms with E-state index < -0.39 is 0 Å². The van der Waals surface area contributed by atoms with Gasteiger partial charge in [0, 0.05) is 31.0 Å². The van der Waals surface area contributed by atoms with Gasteiger partial charge < -0.3 is 9.84 Å². The summed E-state index contributed by atoms with van der Waals surface area (Å²) in [6.45, 7) is 12.3. The zero-order chi connectivity index (χ0) is 23.5. The Morgan fingerprint density at radius 3 is 2.52 bits per heavy atom. The van der Waals surface area contributed by atoms with E-state index in [1.807, 2.05) is 0 Å². The number of hydrogen-bond donors (Lipinski definition) is 1. The molecule has 186 valence electrons. The van der Waals surface area contributed by atoms with Crippen LogP contribution in [0, 0.1) is 52.3 Å². The fourth-order valence-corrected chi connectivity index (χ4v) is 9.91. The number of carbonyl (C=O) groups excluding carboxylic acids is 1. The molecule has 1 heterocycles. The molecule has 0 spiro atoms. The predicted molar refractivity (Wildman–Crippen MR) is 132 cm³/mol. The summed E-state index contributed by atoms with van der Waals surface area (Å²) in [5, 5.41) is 10.3. The second-order valence-corrected chi connectivity index (χ2v) is 13.3. The molecule has 33 heavy (non-hydrogen) atoms. The van der Waals surface area contributed by atoms with Crippen molar-refractivity contribution >= 4 is 11.7 Å². The lowest BCUT2D eigenvalue weighted by atomic mass is 9.44. The summed E-state index contributed by atoms with van der Waals surface area (Å²) in [6.07, 6.45) is 11.6. The van der Waals surface area contributed by atoms with E-state index in [9.17, 15) is 9.90 Å². The highest BCUT2D eigenvalue weighted by atomic mass is 16.5. The van der Waals surface area contributed by atoms with E-state index in [0.29, 0.717) is 35.0 Å². The molecule has 11 atom stereocenters. The van der Waals surface area contributed by atoms with E-state index in [4.69, 9.17) is 9.73 Å². The van der Waals surface area contributed by atoms with Crippen LogP contribution in [-0.2, 0) is 9.53 Å². The minimum Gasteiger partial charge on any atom is -0.462 e. The molecule has 4 heteroatoms. The SMILES string of the molecule is CC(=O)OC1C[C@H]2[C@@H]3CCC4CC(O)CC[C@]4(C)[C@H]3CC[C@]2(C)[C@H]1C(C)C1=NCC(C)CC1. The molecule has 0 aromatic heterocycles. The Kier molecular flexibility index (Phi) is 6.24. The smallest absolute Gasteiger partial charge is 0.302 e. The van der Waals surface area contributed by atoms with Gasteiger partial charge in [-0.15, -0.1) is 0 Å². The summed E-state index contributed by atoms with van der Waals surface area (Å²) in [5.74, 6) is 4.19. The first-order chi connectivity index (χ1) is 15.6. The maximum atomic E-state index is 12.2. The highest BCUT2D eigenvalue weighted by Gasteiger charge is 2.64. The van der Waals surface area contributed by atoms with Gasteiger partial charge in [-0.2, -0.15) is 0 Å². The van der Waals surface area contributed by atoms with Crippen LogP contribution in [0.2, 0.25) is 0 Å². The van der Waals surface area contributed by atoms with Gasteiger partial charge in [0.1, 0.15) is 6.10 Å². The van der Waals surface area contributed by atoms with E-state index in [2.05, 4.69) is 27.7 Å². The Hall–Kier alpha value is -0.900. The molecule has 1 N–H and O–H groups in total. The fraction of sp³-hybridized carbons (Fsp3) is 0.931. The van der Waals surface area contributed by atoms with Crippen molar-refractivity contribution in [1.82, 2.24) is 0 Å². The maximum Gasteiger partial charge on any atom is 0.302 e. The number of hydrogen-bond acceptors (Lipinski definition) is 4. The van der Waals surface area contributed by atoms with Gasteiger partial charge in [0.2, 0.25) is 0 Å². The molecule has 1 aliphatic heterocycles. The Morgan fingerprint density at radius 1 is 1.06 bits per heavy atom. The zero-order valence-corrected chi connectivity index (χ0v) is 21.7. The molecule has 0 bridgehead atoms. The highest BCUT2D eigenvalue weighted by Crippen LogP contribution is 2.68. The number of fused-ring (bicyclic) bond motifs is 5. The van der Waals surface area contributed by atoms with Gasteiger partial charge in [0.25, 0.3) is 0 Å². The number of carbonyl (C=O) groups is 1. The molecule has 4 saturated carbocycles. The zero-order valence-electron chi connectivity index (χ0n) is 21.7. The average molecular weight is 458 g/mol. The van der Waals surface area contributed by atoms with Crippen LogP contribution in [0.3, 0.4) is 0 Å². The molecule has 0 radical (unpaired) electrons.